The Balaban J connectivity index is 2.20. The van der Waals surface area contributed by atoms with Crippen molar-refractivity contribution in [1.82, 2.24) is 14.8 Å². The maximum Gasteiger partial charge on any atom is 0.219 e. The summed E-state index contributed by atoms with van der Waals surface area (Å²) in [5.74, 6) is 2.06. The number of hydrogen-bond acceptors (Lipinski definition) is 3. The molecule has 0 radical (unpaired) electrons. The Hall–Kier alpha value is -1.55. The fourth-order valence-corrected chi connectivity index (χ4v) is 2.03. The Morgan fingerprint density at radius 3 is 2.80 bits per heavy atom. The van der Waals surface area contributed by atoms with Crippen LogP contribution in [0.4, 0.5) is 0 Å². The van der Waals surface area contributed by atoms with Gasteiger partial charge in [-0.15, -0.1) is 11.6 Å². The molecule has 0 amide bonds. The summed E-state index contributed by atoms with van der Waals surface area (Å²) >= 11 is 5.92. The number of alkyl halides is 1. The number of ether oxygens (including phenoxy) is 1. The lowest BCUT2D eigenvalue weighted by Crippen LogP contribution is -1.98. The van der Waals surface area contributed by atoms with E-state index in [0.29, 0.717) is 23.4 Å². The molecule has 0 bridgehead atoms. The van der Waals surface area contributed by atoms with Crippen molar-refractivity contribution in [3.63, 3.8) is 0 Å². The van der Waals surface area contributed by atoms with E-state index in [2.05, 4.69) is 30.9 Å². The molecule has 0 aliphatic heterocycles. The molecule has 4 nitrogen and oxygen atoms in total. The Bertz CT molecular complexity index is 566. The van der Waals surface area contributed by atoms with Crippen molar-refractivity contribution in [1.29, 1.82) is 0 Å². The van der Waals surface area contributed by atoms with Crippen LogP contribution in [0.25, 0.3) is 0 Å². The van der Waals surface area contributed by atoms with E-state index in [4.69, 9.17) is 16.3 Å². The first-order chi connectivity index (χ1) is 9.62. The van der Waals surface area contributed by atoms with Crippen LogP contribution < -0.4 is 4.74 Å². The van der Waals surface area contributed by atoms with Gasteiger partial charge in [0.25, 0.3) is 0 Å². The van der Waals surface area contributed by atoms with Crippen LogP contribution in [0.5, 0.6) is 11.6 Å². The van der Waals surface area contributed by atoms with Crippen molar-refractivity contribution >= 4 is 11.6 Å². The summed E-state index contributed by atoms with van der Waals surface area (Å²) < 4.78 is 7.65. The van der Waals surface area contributed by atoms with Gasteiger partial charge in [0.2, 0.25) is 5.88 Å². The highest BCUT2D eigenvalue weighted by Crippen LogP contribution is 2.24. The number of aryl methyl sites for hydroxylation is 1. The zero-order valence-corrected chi connectivity index (χ0v) is 12.9. The maximum absolute atomic E-state index is 5.92. The lowest BCUT2D eigenvalue weighted by molar-refractivity contribution is 0.457. The van der Waals surface area contributed by atoms with Crippen LogP contribution in [-0.2, 0) is 12.4 Å². The zero-order chi connectivity index (χ0) is 14.5. The Morgan fingerprint density at radius 1 is 1.35 bits per heavy atom. The van der Waals surface area contributed by atoms with Crippen molar-refractivity contribution in [2.45, 2.75) is 45.5 Å². The number of nitrogens with zero attached hydrogens (tertiary/aromatic N) is 3. The molecule has 20 heavy (non-hydrogen) atoms. The van der Waals surface area contributed by atoms with Gasteiger partial charge >= 0.3 is 0 Å². The predicted octanol–water partition coefficient (Wildman–Crippen LogP) is 4.34. The minimum Gasteiger partial charge on any atom is -0.436 e. The monoisotopic (exact) mass is 293 g/mol. The molecule has 2 aromatic heterocycles. The van der Waals surface area contributed by atoms with Gasteiger partial charge in [-0.1, -0.05) is 20.8 Å². The van der Waals surface area contributed by atoms with E-state index in [1.807, 2.05) is 23.0 Å². The first-order valence-electron chi connectivity index (χ1n) is 6.89. The second-order valence-electron chi connectivity index (χ2n) is 5.07. The molecular formula is C15H20ClN3O. The number of aromatic nitrogens is 3. The largest absolute Gasteiger partial charge is 0.436 e. The molecule has 0 saturated carbocycles. The van der Waals surface area contributed by atoms with Crippen LogP contribution in [0.3, 0.4) is 0 Å². The van der Waals surface area contributed by atoms with Gasteiger partial charge < -0.3 is 4.74 Å². The van der Waals surface area contributed by atoms with E-state index in [-0.39, 0.29) is 0 Å². The van der Waals surface area contributed by atoms with Crippen LogP contribution in [-0.4, -0.2) is 14.8 Å². The van der Waals surface area contributed by atoms with E-state index < -0.39 is 0 Å². The van der Waals surface area contributed by atoms with E-state index in [1.165, 1.54) is 0 Å². The van der Waals surface area contributed by atoms with Crippen molar-refractivity contribution in [2.75, 3.05) is 0 Å². The van der Waals surface area contributed by atoms with Gasteiger partial charge in [-0.05, 0) is 24.0 Å². The van der Waals surface area contributed by atoms with Crippen LogP contribution in [0, 0.1) is 0 Å². The molecule has 0 unspecified atom stereocenters. The highest BCUT2D eigenvalue weighted by atomic mass is 35.5. The second kappa shape index (κ2) is 6.75. The third-order valence-electron chi connectivity index (χ3n) is 2.91. The summed E-state index contributed by atoms with van der Waals surface area (Å²) in [4.78, 5) is 4.51. The molecule has 0 saturated heterocycles. The van der Waals surface area contributed by atoms with Crippen LogP contribution in [0.15, 0.2) is 24.5 Å². The second-order valence-corrected chi connectivity index (χ2v) is 5.34. The summed E-state index contributed by atoms with van der Waals surface area (Å²) in [6.45, 7) is 7.20. The lowest BCUT2D eigenvalue weighted by Gasteiger charge is -2.09. The summed E-state index contributed by atoms with van der Waals surface area (Å²) in [6.07, 6.45) is 4.63. The molecule has 0 fully saturated rings. The number of pyridine rings is 1. The Labute approximate surface area is 124 Å². The van der Waals surface area contributed by atoms with Gasteiger partial charge in [0.15, 0.2) is 5.75 Å². The van der Waals surface area contributed by atoms with Gasteiger partial charge in [0.1, 0.15) is 0 Å². The van der Waals surface area contributed by atoms with E-state index in [1.54, 1.807) is 6.20 Å². The SMILES string of the molecule is CCCn1cc(Oc2cc(CCl)cc(C(C)C)n2)cn1. The summed E-state index contributed by atoms with van der Waals surface area (Å²) in [5, 5.41) is 4.24. The highest BCUT2D eigenvalue weighted by Gasteiger charge is 2.08. The van der Waals surface area contributed by atoms with Crippen molar-refractivity contribution in [3.8, 4) is 11.6 Å². The third kappa shape index (κ3) is 3.73. The van der Waals surface area contributed by atoms with Gasteiger partial charge in [-0.3, -0.25) is 4.68 Å². The van der Waals surface area contributed by atoms with Crippen molar-refractivity contribution in [3.05, 3.63) is 35.8 Å². The molecule has 2 rings (SSSR count). The summed E-state index contributed by atoms with van der Waals surface area (Å²) in [5.41, 5.74) is 2.00. The molecule has 2 heterocycles. The lowest BCUT2D eigenvalue weighted by atomic mass is 10.1. The first kappa shape index (κ1) is 14.9. The Morgan fingerprint density at radius 2 is 2.15 bits per heavy atom. The first-order valence-corrected chi connectivity index (χ1v) is 7.43. The Kier molecular flexibility index (Phi) is 5.01. The molecule has 108 valence electrons. The fourth-order valence-electron chi connectivity index (χ4n) is 1.88. The van der Waals surface area contributed by atoms with Gasteiger partial charge in [0, 0.05) is 24.2 Å². The van der Waals surface area contributed by atoms with Crippen LogP contribution in [0.2, 0.25) is 0 Å². The van der Waals surface area contributed by atoms with Crippen molar-refractivity contribution < 1.29 is 4.74 Å². The molecule has 0 aliphatic carbocycles. The summed E-state index contributed by atoms with van der Waals surface area (Å²) in [6, 6.07) is 3.89. The normalized spacial score (nSPS) is 11.1. The maximum atomic E-state index is 5.92. The quantitative estimate of drug-likeness (QED) is 0.744. The number of rotatable bonds is 6. The van der Waals surface area contributed by atoms with Crippen LogP contribution in [0.1, 0.15) is 44.4 Å². The number of halogens is 1. The van der Waals surface area contributed by atoms with Gasteiger partial charge in [-0.2, -0.15) is 5.10 Å². The van der Waals surface area contributed by atoms with E-state index in [9.17, 15) is 0 Å². The van der Waals surface area contributed by atoms with Gasteiger partial charge in [-0.25, -0.2) is 4.98 Å². The summed E-state index contributed by atoms with van der Waals surface area (Å²) in [7, 11) is 0. The average molecular weight is 294 g/mol. The molecule has 2 aromatic rings. The molecular weight excluding hydrogens is 274 g/mol. The van der Waals surface area contributed by atoms with Crippen molar-refractivity contribution in [2.24, 2.45) is 0 Å². The smallest absolute Gasteiger partial charge is 0.219 e. The number of hydrogen-bond donors (Lipinski definition) is 0. The minimum atomic E-state index is 0.336. The topological polar surface area (TPSA) is 39.9 Å². The minimum absolute atomic E-state index is 0.336. The molecule has 5 heteroatoms. The van der Waals surface area contributed by atoms with Gasteiger partial charge in [0.05, 0.1) is 12.4 Å². The standard InChI is InChI=1S/C15H20ClN3O/c1-4-5-19-10-13(9-17-19)20-15-7-12(8-16)6-14(18-15)11(2)3/h6-7,9-11H,4-5,8H2,1-3H3. The molecule has 0 N–H and O–H groups in total. The van der Waals surface area contributed by atoms with E-state index in [0.717, 1.165) is 24.2 Å². The molecule has 0 spiro atoms. The van der Waals surface area contributed by atoms with Crippen LogP contribution >= 0.6 is 11.6 Å². The fraction of sp³-hybridized carbons (Fsp3) is 0.467. The average Bonchev–Trinajstić information content (AvgIpc) is 2.86. The highest BCUT2D eigenvalue weighted by molar-refractivity contribution is 6.17. The predicted molar refractivity (Wildman–Crippen MR) is 80.5 cm³/mol. The third-order valence-corrected chi connectivity index (χ3v) is 3.22. The zero-order valence-electron chi connectivity index (χ0n) is 12.1. The molecule has 0 atom stereocenters. The molecule has 0 aromatic carbocycles. The van der Waals surface area contributed by atoms with E-state index >= 15 is 0 Å². The molecule has 0 aliphatic rings.